The molecular formula is C14H11N3O4. The van der Waals surface area contributed by atoms with E-state index in [2.05, 4.69) is 9.97 Å². The molecule has 0 aliphatic carbocycles. The SMILES string of the molecule is O=C(O)c1cncnc1CN1C(=O)COc2ccccc21. The first-order valence-corrected chi connectivity index (χ1v) is 6.21. The van der Waals surface area contributed by atoms with E-state index in [0.717, 1.165) is 0 Å². The second-order valence-electron chi connectivity index (χ2n) is 4.42. The largest absolute Gasteiger partial charge is 0.482 e. The lowest BCUT2D eigenvalue weighted by Crippen LogP contribution is -2.38. The van der Waals surface area contributed by atoms with Crippen LogP contribution in [0.1, 0.15) is 16.1 Å². The van der Waals surface area contributed by atoms with Gasteiger partial charge >= 0.3 is 5.97 Å². The van der Waals surface area contributed by atoms with Gasteiger partial charge in [-0.15, -0.1) is 0 Å². The molecule has 0 saturated carbocycles. The van der Waals surface area contributed by atoms with Gasteiger partial charge < -0.3 is 9.84 Å². The quantitative estimate of drug-likeness (QED) is 0.907. The number of amides is 1. The standard InChI is InChI=1S/C14H11N3O4/c18-13-7-21-12-4-2-1-3-11(12)17(13)6-10-9(14(19)20)5-15-8-16-10/h1-5,8H,6-7H2,(H,19,20). The van der Waals surface area contributed by atoms with Crippen LogP contribution in [0.5, 0.6) is 5.75 Å². The Hall–Kier alpha value is -2.96. The number of rotatable bonds is 3. The zero-order valence-corrected chi connectivity index (χ0v) is 10.9. The molecule has 21 heavy (non-hydrogen) atoms. The number of anilines is 1. The van der Waals surface area contributed by atoms with Crippen LogP contribution in [0.2, 0.25) is 0 Å². The Kier molecular flexibility index (Phi) is 3.23. The summed E-state index contributed by atoms with van der Waals surface area (Å²) in [4.78, 5) is 32.4. The van der Waals surface area contributed by atoms with Gasteiger partial charge in [-0.05, 0) is 12.1 Å². The Morgan fingerprint density at radius 3 is 3.00 bits per heavy atom. The van der Waals surface area contributed by atoms with E-state index in [0.29, 0.717) is 11.4 Å². The molecule has 0 spiro atoms. The number of para-hydroxylation sites is 2. The molecule has 1 aliphatic heterocycles. The normalized spacial score (nSPS) is 13.5. The van der Waals surface area contributed by atoms with Crippen LogP contribution < -0.4 is 9.64 Å². The molecule has 0 bridgehead atoms. The summed E-state index contributed by atoms with van der Waals surface area (Å²) in [7, 11) is 0. The highest BCUT2D eigenvalue weighted by Crippen LogP contribution is 2.32. The fourth-order valence-corrected chi connectivity index (χ4v) is 2.14. The van der Waals surface area contributed by atoms with Crippen molar-refractivity contribution in [2.45, 2.75) is 6.54 Å². The highest BCUT2D eigenvalue weighted by Gasteiger charge is 2.27. The average molecular weight is 285 g/mol. The Morgan fingerprint density at radius 1 is 1.38 bits per heavy atom. The van der Waals surface area contributed by atoms with Crippen LogP contribution in [0, 0.1) is 0 Å². The molecule has 3 rings (SSSR count). The number of benzene rings is 1. The summed E-state index contributed by atoms with van der Waals surface area (Å²) >= 11 is 0. The lowest BCUT2D eigenvalue weighted by Gasteiger charge is -2.29. The molecule has 1 aromatic carbocycles. The van der Waals surface area contributed by atoms with Crippen molar-refractivity contribution in [3.63, 3.8) is 0 Å². The molecule has 0 unspecified atom stereocenters. The average Bonchev–Trinajstić information content (AvgIpc) is 2.50. The maximum atomic E-state index is 12.1. The second-order valence-corrected chi connectivity index (χ2v) is 4.42. The maximum Gasteiger partial charge on any atom is 0.339 e. The molecule has 0 saturated heterocycles. The predicted octanol–water partition coefficient (Wildman–Crippen LogP) is 1.10. The van der Waals surface area contributed by atoms with Gasteiger partial charge in [0, 0.05) is 6.20 Å². The Balaban J connectivity index is 1.99. The number of carbonyl (C=O) groups is 2. The summed E-state index contributed by atoms with van der Waals surface area (Å²) in [5, 5.41) is 9.15. The Morgan fingerprint density at radius 2 is 2.19 bits per heavy atom. The van der Waals surface area contributed by atoms with Crippen LogP contribution in [0.25, 0.3) is 0 Å². The van der Waals surface area contributed by atoms with Crippen molar-refractivity contribution in [2.75, 3.05) is 11.5 Å². The molecule has 1 aromatic heterocycles. The molecule has 1 N–H and O–H groups in total. The molecular weight excluding hydrogens is 274 g/mol. The van der Waals surface area contributed by atoms with Gasteiger partial charge in [0.2, 0.25) is 0 Å². The smallest absolute Gasteiger partial charge is 0.339 e. The van der Waals surface area contributed by atoms with E-state index in [1.165, 1.54) is 17.4 Å². The van der Waals surface area contributed by atoms with Gasteiger partial charge in [-0.3, -0.25) is 9.69 Å². The minimum atomic E-state index is -1.13. The van der Waals surface area contributed by atoms with E-state index in [1.54, 1.807) is 24.3 Å². The van der Waals surface area contributed by atoms with Crippen molar-refractivity contribution < 1.29 is 19.4 Å². The lowest BCUT2D eigenvalue weighted by atomic mass is 10.2. The second kappa shape index (κ2) is 5.20. The van der Waals surface area contributed by atoms with Gasteiger partial charge in [-0.2, -0.15) is 0 Å². The van der Waals surface area contributed by atoms with Crippen LogP contribution in [-0.4, -0.2) is 33.6 Å². The van der Waals surface area contributed by atoms with Gasteiger partial charge in [0.25, 0.3) is 5.91 Å². The van der Waals surface area contributed by atoms with Crippen molar-refractivity contribution >= 4 is 17.6 Å². The third kappa shape index (κ3) is 2.40. The van der Waals surface area contributed by atoms with E-state index in [4.69, 9.17) is 9.84 Å². The molecule has 7 heteroatoms. The van der Waals surface area contributed by atoms with Crippen molar-refractivity contribution in [1.82, 2.24) is 9.97 Å². The van der Waals surface area contributed by atoms with Crippen LogP contribution in [0.3, 0.4) is 0 Å². The van der Waals surface area contributed by atoms with E-state index in [9.17, 15) is 9.59 Å². The van der Waals surface area contributed by atoms with Crippen LogP contribution in [0.15, 0.2) is 36.8 Å². The fourth-order valence-electron chi connectivity index (χ4n) is 2.14. The number of carboxylic acids is 1. The number of aromatic carboxylic acids is 1. The van der Waals surface area contributed by atoms with Crippen LogP contribution in [-0.2, 0) is 11.3 Å². The molecule has 7 nitrogen and oxygen atoms in total. The minimum Gasteiger partial charge on any atom is -0.482 e. The molecule has 0 fully saturated rings. The number of hydrogen-bond acceptors (Lipinski definition) is 5. The van der Waals surface area contributed by atoms with Crippen molar-refractivity contribution in [1.29, 1.82) is 0 Å². The third-order valence-electron chi connectivity index (χ3n) is 3.14. The van der Waals surface area contributed by atoms with Crippen molar-refractivity contribution in [3.05, 3.63) is 48.0 Å². The number of ether oxygens (including phenoxy) is 1. The molecule has 2 aromatic rings. The number of fused-ring (bicyclic) bond motifs is 1. The van der Waals surface area contributed by atoms with Gasteiger partial charge in [0.15, 0.2) is 6.61 Å². The highest BCUT2D eigenvalue weighted by molar-refractivity contribution is 5.98. The summed E-state index contributed by atoms with van der Waals surface area (Å²) < 4.78 is 5.34. The number of hydrogen-bond donors (Lipinski definition) is 1. The number of nitrogens with zero attached hydrogens (tertiary/aromatic N) is 3. The van der Waals surface area contributed by atoms with Crippen LogP contribution >= 0.6 is 0 Å². The molecule has 0 radical (unpaired) electrons. The molecule has 106 valence electrons. The number of carboxylic acid groups (broad SMARTS) is 1. The van der Waals surface area contributed by atoms with E-state index < -0.39 is 5.97 Å². The zero-order valence-electron chi connectivity index (χ0n) is 10.9. The lowest BCUT2D eigenvalue weighted by molar-refractivity contribution is -0.121. The van der Waals surface area contributed by atoms with Crippen molar-refractivity contribution in [2.24, 2.45) is 0 Å². The highest BCUT2D eigenvalue weighted by atomic mass is 16.5. The van der Waals surface area contributed by atoms with E-state index in [1.807, 2.05) is 0 Å². The summed E-state index contributed by atoms with van der Waals surface area (Å²) in [6, 6.07) is 7.09. The van der Waals surface area contributed by atoms with Gasteiger partial charge in [0.05, 0.1) is 17.9 Å². The topological polar surface area (TPSA) is 92.6 Å². The van der Waals surface area contributed by atoms with Crippen LogP contribution in [0.4, 0.5) is 5.69 Å². The summed E-state index contributed by atoms with van der Waals surface area (Å²) in [6.07, 6.45) is 2.49. The minimum absolute atomic E-state index is 0.0192. The number of aromatic nitrogens is 2. The molecule has 2 heterocycles. The first-order valence-electron chi connectivity index (χ1n) is 6.21. The summed E-state index contributed by atoms with van der Waals surface area (Å²) in [6.45, 7) is -0.0200. The predicted molar refractivity (Wildman–Crippen MR) is 72.1 cm³/mol. The third-order valence-corrected chi connectivity index (χ3v) is 3.14. The molecule has 0 atom stereocenters. The molecule has 1 amide bonds. The molecule has 1 aliphatic rings. The Bertz CT molecular complexity index is 717. The Labute approximate surface area is 119 Å². The zero-order chi connectivity index (χ0) is 14.8. The number of carbonyl (C=O) groups excluding carboxylic acids is 1. The van der Waals surface area contributed by atoms with E-state index in [-0.39, 0.29) is 30.3 Å². The summed E-state index contributed by atoms with van der Waals surface area (Å²) in [5.41, 5.74) is 0.862. The monoisotopic (exact) mass is 285 g/mol. The van der Waals surface area contributed by atoms with Crippen molar-refractivity contribution in [3.8, 4) is 5.75 Å². The van der Waals surface area contributed by atoms with Gasteiger partial charge in [-0.1, -0.05) is 12.1 Å². The van der Waals surface area contributed by atoms with E-state index >= 15 is 0 Å². The fraction of sp³-hybridized carbons (Fsp3) is 0.143. The maximum absolute atomic E-state index is 12.1. The van der Waals surface area contributed by atoms with Gasteiger partial charge in [-0.25, -0.2) is 14.8 Å². The van der Waals surface area contributed by atoms with Gasteiger partial charge in [0.1, 0.15) is 17.6 Å². The first-order chi connectivity index (χ1) is 10.2. The summed E-state index contributed by atoms with van der Waals surface area (Å²) in [5.74, 6) is -0.786. The first kappa shape index (κ1) is 13.0.